The lowest BCUT2D eigenvalue weighted by molar-refractivity contribution is -0.142. The number of carbonyl (C=O) groups excluding carboxylic acids is 1. The quantitative estimate of drug-likeness (QED) is 0.539. The molecule has 0 atom stereocenters. The maximum absolute atomic E-state index is 11.2. The van der Waals surface area contributed by atoms with Gasteiger partial charge in [0.05, 0.1) is 13.7 Å². The molecule has 0 aromatic carbocycles. The van der Waals surface area contributed by atoms with Crippen molar-refractivity contribution < 1.29 is 14.3 Å². The van der Waals surface area contributed by atoms with Gasteiger partial charge >= 0.3 is 5.97 Å². The molecule has 76 valence electrons. The van der Waals surface area contributed by atoms with E-state index in [-0.39, 0.29) is 5.97 Å². The van der Waals surface area contributed by atoms with Crippen LogP contribution in [0.5, 0.6) is 0 Å². The first-order valence-corrected chi connectivity index (χ1v) is 5.10. The van der Waals surface area contributed by atoms with Crippen LogP contribution < -0.4 is 0 Å². The zero-order chi connectivity index (χ0) is 10.5. The fraction of sp³-hybridized carbons (Fsp3) is 0.750. The lowest BCUT2D eigenvalue weighted by atomic mass is 10.2. The van der Waals surface area contributed by atoms with Gasteiger partial charge < -0.3 is 9.47 Å². The van der Waals surface area contributed by atoms with Gasteiger partial charge in [0.15, 0.2) is 0 Å². The van der Waals surface area contributed by atoms with Gasteiger partial charge in [-0.3, -0.25) is 4.79 Å². The van der Waals surface area contributed by atoms with Gasteiger partial charge in [-0.25, -0.2) is 0 Å². The average Bonchev–Trinajstić information content (AvgIpc) is 2.02. The molecule has 0 bridgehead atoms. The number of thioether (sulfide) groups is 1. The van der Waals surface area contributed by atoms with Gasteiger partial charge in [0.1, 0.15) is 4.75 Å². The first-order chi connectivity index (χ1) is 5.94. The summed E-state index contributed by atoms with van der Waals surface area (Å²) in [7, 11) is 1.36. The van der Waals surface area contributed by atoms with Gasteiger partial charge in [-0.1, -0.05) is 11.8 Å². The van der Waals surface area contributed by atoms with Crippen molar-refractivity contribution >= 4 is 34.3 Å². The third kappa shape index (κ3) is 4.47. The minimum atomic E-state index is -0.680. The number of methoxy groups -OCH3 is 1. The Morgan fingerprint density at radius 1 is 1.54 bits per heavy atom. The third-order valence-corrected chi connectivity index (χ3v) is 2.61. The summed E-state index contributed by atoms with van der Waals surface area (Å²) in [5.74, 6) is -0.306. The molecule has 13 heavy (non-hydrogen) atoms. The molecule has 0 aromatic rings. The molecule has 0 radical (unpaired) electrons. The predicted molar refractivity (Wildman–Crippen MR) is 57.9 cm³/mol. The second-order valence-electron chi connectivity index (χ2n) is 2.79. The number of thiocarbonyl (C=S) groups is 1. The molecule has 0 unspecified atom stereocenters. The first kappa shape index (κ1) is 12.7. The Balaban J connectivity index is 4.16. The van der Waals surface area contributed by atoms with E-state index < -0.39 is 4.75 Å². The SMILES string of the molecule is CCOC(=S)SC(C)(C)C(=O)OC. The van der Waals surface area contributed by atoms with Crippen molar-refractivity contribution in [1.29, 1.82) is 0 Å². The smallest absolute Gasteiger partial charge is 0.321 e. The normalized spacial score (nSPS) is 10.8. The van der Waals surface area contributed by atoms with Crippen molar-refractivity contribution in [3.05, 3.63) is 0 Å². The van der Waals surface area contributed by atoms with E-state index in [9.17, 15) is 4.79 Å². The molecule has 0 saturated heterocycles. The number of hydrogen-bond acceptors (Lipinski definition) is 5. The lowest BCUT2D eigenvalue weighted by Gasteiger charge is -2.20. The molecule has 0 amide bonds. The van der Waals surface area contributed by atoms with Crippen molar-refractivity contribution in [1.82, 2.24) is 0 Å². The molecule has 0 saturated carbocycles. The number of hydrogen-bond donors (Lipinski definition) is 0. The Hall–Kier alpha value is -0.290. The van der Waals surface area contributed by atoms with E-state index in [0.717, 1.165) is 0 Å². The molecular formula is C8H14O3S2. The Labute approximate surface area is 88.2 Å². The van der Waals surface area contributed by atoms with Crippen LogP contribution in [0, 0.1) is 0 Å². The highest BCUT2D eigenvalue weighted by Crippen LogP contribution is 2.27. The highest BCUT2D eigenvalue weighted by atomic mass is 32.2. The van der Waals surface area contributed by atoms with E-state index in [0.29, 0.717) is 11.0 Å². The van der Waals surface area contributed by atoms with E-state index in [1.54, 1.807) is 13.8 Å². The molecule has 0 N–H and O–H groups in total. The first-order valence-electron chi connectivity index (χ1n) is 3.88. The van der Waals surface area contributed by atoms with E-state index in [1.807, 2.05) is 6.92 Å². The van der Waals surface area contributed by atoms with Crippen LogP contribution >= 0.6 is 24.0 Å². The van der Waals surface area contributed by atoms with Crippen LogP contribution in [0.3, 0.4) is 0 Å². The van der Waals surface area contributed by atoms with Crippen molar-refractivity contribution in [2.45, 2.75) is 25.5 Å². The topological polar surface area (TPSA) is 35.5 Å². The Kier molecular flexibility index (Phi) is 5.32. The third-order valence-electron chi connectivity index (χ3n) is 1.28. The largest absolute Gasteiger partial charge is 0.479 e. The van der Waals surface area contributed by atoms with Crippen LogP contribution in [0.2, 0.25) is 0 Å². The van der Waals surface area contributed by atoms with Crippen LogP contribution in [-0.2, 0) is 14.3 Å². The monoisotopic (exact) mass is 222 g/mol. The zero-order valence-corrected chi connectivity index (χ0v) is 9.88. The number of esters is 1. The van der Waals surface area contributed by atoms with E-state index in [4.69, 9.17) is 17.0 Å². The summed E-state index contributed by atoms with van der Waals surface area (Å²) in [6.45, 7) is 5.85. The molecule has 0 rings (SSSR count). The van der Waals surface area contributed by atoms with Gasteiger partial charge in [-0.05, 0) is 33.0 Å². The van der Waals surface area contributed by atoms with Gasteiger partial charge in [0.2, 0.25) is 4.38 Å². The summed E-state index contributed by atoms with van der Waals surface area (Å²) in [6.07, 6.45) is 0. The van der Waals surface area contributed by atoms with E-state index >= 15 is 0 Å². The molecule has 0 aliphatic rings. The summed E-state index contributed by atoms with van der Waals surface area (Å²) in [6, 6.07) is 0. The summed E-state index contributed by atoms with van der Waals surface area (Å²) in [5, 5.41) is 0. The summed E-state index contributed by atoms with van der Waals surface area (Å²) in [5.41, 5.74) is 0. The van der Waals surface area contributed by atoms with Gasteiger partial charge in [0, 0.05) is 0 Å². The van der Waals surface area contributed by atoms with Crippen molar-refractivity contribution in [2.24, 2.45) is 0 Å². The predicted octanol–water partition coefficient (Wildman–Crippen LogP) is 1.99. The number of carbonyl (C=O) groups is 1. The summed E-state index contributed by atoms with van der Waals surface area (Å²) >= 11 is 6.10. The van der Waals surface area contributed by atoms with Crippen LogP contribution in [-0.4, -0.2) is 28.8 Å². The minimum absolute atomic E-state index is 0.306. The van der Waals surface area contributed by atoms with Crippen molar-refractivity contribution in [2.75, 3.05) is 13.7 Å². The Morgan fingerprint density at radius 3 is 2.46 bits per heavy atom. The molecule has 0 spiro atoms. The molecule has 0 fully saturated rings. The van der Waals surface area contributed by atoms with Gasteiger partial charge in [0.25, 0.3) is 0 Å². The van der Waals surface area contributed by atoms with Gasteiger partial charge in [-0.2, -0.15) is 0 Å². The maximum atomic E-state index is 11.2. The van der Waals surface area contributed by atoms with Crippen LogP contribution in [0.15, 0.2) is 0 Å². The molecule has 3 nitrogen and oxygen atoms in total. The van der Waals surface area contributed by atoms with Crippen LogP contribution in [0.1, 0.15) is 20.8 Å². The maximum Gasteiger partial charge on any atom is 0.321 e. The standard InChI is InChI=1S/C8H14O3S2/c1-5-11-7(12)13-8(2,3)6(9)10-4/h5H2,1-4H3. The molecule has 0 aliphatic heterocycles. The lowest BCUT2D eigenvalue weighted by Crippen LogP contribution is -2.30. The molecule has 0 aliphatic carbocycles. The highest BCUT2D eigenvalue weighted by Gasteiger charge is 2.31. The fourth-order valence-electron chi connectivity index (χ4n) is 0.643. The molecule has 0 aromatic heterocycles. The molecular weight excluding hydrogens is 208 g/mol. The number of ether oxygens (including phenoxy) is 2. The number of rotatable bonds is 3. The average molecular weight is 222 g/mol. The van der Waals surface area contributed by atoms with Gasteiger partial charge in [-0.15, -0.1) is 0 Å². The second-order valence-corrected chi connectivity index (χ2v) is 5.01. The Bertz CT molecular complexity index is 202. The summed E-state index contributed by atoms with van der Waals surface area (Å²) < 4.78 is 9.37. The van der Waals surface area contributed by atoms with Crippen LogP contribution in [0.25, 0.3) is 0 Å². The fourth-order valence-corrected chi connectivity index (χ4v) is 2.15. The zero-order valence-electron chi connectivity index (χ0n) is 8.25. The highest BCUT2D eigenvalue weighted by molar-refractivity contribution is 8.23. The van der Waals surface area contributed by atoms with Crippen LogP contribution in [0.4, 0.5) is 0 Å². The molecule has 0 heterocycles. The summed E-state index contributed by atoms with van der Waals surface area (Å²) in [4.78, 5) is 11.2. The second kappa shape index (κ2) is 5.44. The molecule has 5 heteroatoms. The minimum Gasteiger partial charge on any atom is -0.479 e. The van der Waals surface area contributed by atoms with E-state index in [2.05, 4.69) is 4.74 Å². The van der Waals surface area contributed by atoms with Crippen molar-refractivity contribution in [3.63, 3.8) is 0 Å². The Morgan fingerprint density at radius 2 is 2.08 bits per heavy atom. The van der Waals surface area contributed by atoms with Crippen molar-refractivity contribution in [3.8, 4) is 0 Å². The van der Waals surface area contributed by atoms with E-state index in [1.165, 1.54) is 18.9 Å².